The van der Waals surface area contributed by atoms with Crippen molar-refractivity contribution in [3.05, 3.63) is 127 Å². The second-order valence-electron chi connectivity index (χ2n) is 8.38. The third-order valence-corrected chi connectivity index (χ3v) is 16.1. The van der Waals surface area contributed by atoms with Crippen LogP contribution in [0.15, 0.2) is 121 Å². The minimum atomic E-state index is -3.12. The first-order valence-electron chi connectivity index (χ1n) is 11.4. The number of halogens is 1. The van der Waals surface area contributed by atoms with Gasteiger partial charge in [0.2, 0.25) is 0 Å². The van der Waals surface area contributed by atoms with Crippen LogP contribution < -0.4 is 21.6 Å². The summed E-state index contributed by atoms with van der Waals surface area (Å²) in [5, 5.41) is 0.450. The summed E-state index contributed by atoms with van der Waals surface area (Å²) in [5.74, 6) is -0.379. The van der Waals surface area contributed by atoms with Gasteiger partial charge in [0.15, 0.2) is 0 Å². The fourth-order valence-electron chi connectivity index (χ4n) is 4.43. The number of ether oxygens (including phenoxy) is 1. The van der Waals surface area contributed by atoms with E-state index in [1.54, 1.807) is 0 Å². The molecule has 0 aliphatic rings. The van der Waals surface area contributed by atoms with Crippen molar-refractivity contribution in [1.29, 1.82) is 0 Å². The van der Waals surface area contributed by atoms with Gasteiger partial charge in [-0.25, -0.2) is 0 Å². The van der Waals surface area contributed by atoms with Gasteiger partial charge < -0.3 is 0 Å². The number of rotatable bonds is 9. The van der Waals surface area contributed by atoms with Crippen LogP contribution >= 0.6 is 20.8 Å². The van der Waals surface area contributed by atoms with E-state index in [-0.39, 0.29) is 12.6 Å². The normalized spacial score (nSPS) is 13.4. The SMILES string of the molecule is N[C@@H](Cc1ccccc1)C(=O)OCCP(Br)(c1ccccc1)(c1ccccc1)c1ccccc1. The molecule has 0 saturated carbocycles. The van der Waals surface area contributed by atoms with Crippen molar-refractivity contribution < 1.29 is 9.53 Å². The van der Waals surface area contributed by atoms with E-state index in [9.17, 15) is 4.79 Å². The van der Waals surface area contributed by atoms with Gasteiger partial charge in [-0.15, -0.1) is 0 Å². The minimum absolute atomic E-state index is 0.253. The molecule has 0 saturated heterocycles. The van der Waals surface area contributed by atoms with E-state index < -0.39 is 11.3 Å². The third-order valence-electron chi connectivity index (χ3n) is 6.24. The van der Waals surface area contributed by atoms with Crippen LogP contribution in [0, 0.1) is 0 Å². The molecule has 0 radical (unpaired) electrons. The summed E-state index contributed by atoms with van der Waals surface area (Å²) in [6.45, 7) is 0.253. The van der Waals surface area contributed by atoms with Crippen molar-refractivity contribution in [3.63, 3.8) is 0 Å². The Morgan fingerprint density at radius 3 is 1.50 bits per heavy atom. The van der Waals surface area contributed by atoms with E-state index in [0.717, 1.165) is 5.56 Å². The summed E-state index contributed by atoms with van der Waals surface area (Å²) in [5.41, 5.74) is 7.21. The van der Waals surface area contributed by atoms with Crippen LogP contribution in [0.1, 0.15) is 5.56 Å². The van der Waals surface area contributed by atoms with Crippen LogP contribution in [-0.4, -0.2) is 24.8 Å². The molecule has 174 valence electrons. The fraction of sp³-hybridized carbons (Fsp3) is 0.138. The molecule has 5 heteroatoms. The molecule has 0 heterocycles. The molecule has 0 unspecified atom stereocenters. The molecule has 0 aliphatic carbocycles. The molecule has 0 spiro atoms. The Hall–Kier alpha value is -2.78. The Morgan fingerprint density at radius 1 is 0.706 bits per heavy atom. The van der Waals surface area contributed by atoms with Crippen LogP contribution in [-0.2, 0) is 16.0 Å². The van der Waals surface area contributed by atoms with E-state index in [2.05, 4.69) is 88.3 Å². The van der Waals surface area contributed by atoms with Gasteiger partial charge in [0, 0.05) is 0 Å². The van der Waals surface area contributed by atoms with Crippen LogP contribution in [0.25, 0.3) is 0 Å². The molecule has 3 nitrogen and oxygen atoms in total. The molecule has 34 heavy (non-hydrogen) atoms. The molecular formula is C29H29BrNO2P. The topological polar surface area (TPSA) is 52.3 Å². The Labute approximate surface area is 209 Å². The van der Waals surface area contributed by atoms with Gasteiger partial charge in [-0.05, 0) is 0 Å². The molecule has 4 aromatic carbocycles. The number of carbonyl (C=O) groups is 1. The van der Waals surface area contributed by atoms with Gasteiger partial charge in [-0.3, -0.25) is 0 Å². The average molecular weight is 534 g/mol. The summed E-state index contributed by atoms with van der Waals surface area (Å²) in [7, 11) is 0. The van der Waals surface area contributed by atoms with Crippen LogP contribution in [0.3, 0.4) is 0 Å². The van der Waals surface area contributed by atoms with Crippen molar-refractivity contribution in [2.75, 3.05) is 12.8 Å². The molecule has 0 bridgehead atoms. The van der Waals surface area contributed by atoms with Crippen molar-refractivity contribution in [2.24, 2.45) is 5.73 Å². The molecule has 0 aliphatic heterocycles. The molecule has 0 aromatic heterocycles. The van der Waals surface area contributed by atoms with E-state index >= 15 is 0 Å². The molecule has 1 atom stereocenters. The van der Waals surface area contributed by atoms with Crippen molar-refractivity contribution in [2.45, 2.75) is 12.5 Å². The Balaban J connectivity index is 1.66. The van der Waals surface area contributed by atoms with Crippen LogP contribution in [0.4, 0.5) is 0 Å². The zero-order valence-electron chi connectivity index (χ0n) is 19.0. The zero-order chi connectivity index (χ0) is 23.9. The third kappa shape index (κ3) is 4.86. The van der Waals surface area contributed by atoms with Gasteiger partial charge >= 0.3 is 210 Å². The van der Waals surface area contributed by atoms with E-state index in [0.29, 0.717) is 12.6 Å². The average Bonchev–Trinajstić information content (AvgIpc) is 2.90. The monoisotopic (exact) mass is 533 g/mol. The van der Waals surface area contributed by atoms with Crippen molar-refractivity contribution in [1.82, 2.24) is 0 Å². The first-order valence-corrected chi connectivity index (χ1v) is 15.8. The Bertz CT molecular complexity index is 1100. The van der Waals surface area contributed by atoms with Gasteiger partial charge in [0.05, 0.1) is 0 Å². The van der Waals surface area contributed by atoms with Crippen LogP contribution in [0.2, 0.25) is 0 Å². The number of benzene rings is 4. The van der Waals surface area contributed by atoms with Crippen molar-refractivity contribution in [3.8, 4) is 0 Å². The van der Waals surface area contributed by atoms with E-state index in [1.165, 1.54) is 15.9 Å². The molecular weight excluding hydrogens is 505 g/mol. The zero-order valence-corrected chi connectivity index (χ0v) is 21.4. The number of hydrogen-bond acceptors (Lipinski definition) is 3. The summed E-state index contributed by atoms with van der Waals surface area (Å²) in [6.07, 6.45) is 1.07. The second kappa shape index (κ2) is 10.7. The van der Waals surface area contributed by atoms with Gasteiger partial charge in [-0.2, -0.15) is 0 Å². The summed E-state index contributed by atoms with van der Waals surface area (Å²) >= 11 is 4.37. The number of hydrogen-bond donors (Lipinski definition) is 1. The van der Waals surface area contributed by atoms with Gasteiger partial charge in [0.1, 0.15) is 0 Å². The summed E-state index contributed by atoms with van der Waals surface area (Å²) in [6, 6.07) is 40.5. The van der Waals surface area contributed by atoms with E-state index in [1.807, 2.05) is 48.5 Å². The standard InChI is InChI=1S/C29H29BrNO2P/c30-34(25-15-7-2-8-16-25,26-17-9-3-10-18-26,27-19-11-4-12-20-27)22-21-33-29(32)28(31)23-24-13-5-1-6-14-24/h1-20,28H,21-23,31H2/t28-/m0/s1. The predicted molar refractivity (Wildman–Crippen MR) is 148 cm³/mol. The molecule has 2 N–H and O–H groups in total. The molecule has 0 fully saturated rings. The number of esters is 1. The van der Waals surface area contributed by atoms with Gasteiger partial charge in [0.25, 0.3) is 0 Å². The Morgan fingerprint density at radius 2 is 1.09 bits per heavy atom. The predicted octanol–water partition coefficient (Wildman–Crippen LogP) is 4.94. The molecule has 4 aromatic rings. The molecule has 4 rings (SSSR count). The quantitative estimate of drug-likeness (QED) is 0.245. The first kappa shape index (κ1) is 24.3. The first-order chi connectivity index (χ1) is 16.5. The fourth-order valence-corrected chi connectivity index (χ4v) is 11.5. The second-order valence-corrected chi connectivity index (χ2v) is 17.4. The molecule has 0 amide bonds. The maximum absolute atomic E-state index is 12.8. The Kier molecular flexibility index (Phi) is 7.63. The van der Waals surface area contributed by atoms with Crippen molar-refractivity contribution >= 4 is 42.7 Å². The van der Waals surface area contributed by atoms with Gasteiger partial charge in [-0.1, -0.05) is 0 Å². The summed E-state index contributed by atoms with van der Waals surface area (Å²) in [4.78, 5) is 12.8. The summed E-state index contributed by atoms with van der Waals surface area (Å²) < 4.78 is 5.80. The maximum atomic E-state index is 12.8. The van der Waals surface area contributed by atoms with E-state index in [4.69, 9.17) is 10.5 Å². The van der Waals surface area contributed by atoms with Crippen LogP contribution in [0.5, 0.6) is 0 Å². The number of carbonyl (C=O) groups excluding carboxylic acids is 1. The number of nitrogens with two attached hydrogens (primary N) is 1.